The number of piperidine rings is 1. The maximum absolute atomic E-state index is 11.8. The van der Waals surface area contributed by atoms with Gasteiger partial charge in [-0.05, 0) is 19.4 Å². The Balaban J connectivity index is 2.69. The molecule has 1 unspecified atom stereocenters. The molecule has 0 radical (unpaired) electrons. The third-order valence-corrected chi connectivity index (χ3v) is 2.33. The number of aliphatic imine (C=N–C) groups is 1. The van der Waals surface area contributed by atoms with E-state index in [9.17, 15) is 14.4 Å². The Morgan fingerprint density at radius 2 is 2.28 bits per heavy atom. The average Bonchev–Trinajstić information content (AvgIpc) is 2.32. The highest BCUT2D eigenvalue weighted by molar-refractivity contribution is 6.43. The van der Waals surface area contributed by atoms with Crippen LogP contribution < -0.4 is 10.6 Å². The summed E-state index contributed by atoms with van der Waals surface area (Å²) in [6.45, 7) is 5.16. The Labute approximate surface area is 105 Å². The minimum absolute atomic E-state index is 0.164. The molecule has 0 spiro atoms. The molecular weight excluding hydrogens is 234 g/mol. The highest BCUT2D eigenvalue weighted by Crippen LogP contribution is 2.04. The van der Waals surface area contributed by atoms with Crippen LogP contribution in [0.3, 0.4) is 0 Å². The van der Waals surface area contributed by atoms with Gasteiger partial charge in [-0.15, -0.1) is 0 Å². The van der Waals surface area contributed by atoms with Gasteiger partial charge < -0.3 is 5.32 Å². The van der Waals surface area contributed by atoms with Gasteiger partial charge in [0.1, 0.15) is 11.8 Å². The van der Waals surface area contributed by atoms with Crippen LogP contribution in [-0.4, -0.2) is 29.5 Å². The zero-order valence-corrected chi connectivity index (χ0v) is 10.1. The first kappa shape index (κ1) is 13.8. The Kier molecular flexibility index (Phi) is 4.98. The molecule has 1 atom stereocenters. The fraction of sp³-hybridized carbons (Fsp3) is 0.333. The molecule has 0 saturated carbocycles. The maximum Gasteiger partial charge on any atom is 0.270 e. The van der Waals surface area contributed by atoms with Gasteiger partial charge in [0.05, 0.1) is 0 Å². The van der Waals surface area contributed by atoms with Crippen LogP contribution >= 0.6 is 0 Å². The van der Waals surface area contributed by atoms with Gasteiger partial charge in [-0.2, -0.15) is 0 Å². The van der Waals surface area contributed by atoms with Gasteiger partial charge >= 0.3 is 0 Å². The van der Waals surface area contributed by atoms with E-state index in [4.69, 9.17) is 0 Å². The lowest BCUT2D eigenvalue weighted by atomic mass is 10.1. The van der Waals surface area contributed by atoms with Crippen LogP contribution in [0.4, 0.5) is 0 Å². The van der Waals surface area contributed by atoms with Crippen molar-refractivity contribution in [2.24, 2.45) is 4.99 Å². The molecule has 6 heteroatoms. The van der Waals surface area contributed by atoms with E-state index >= 15 is 0 Å². The third-order valence-electron chi connectivity index (χ3n) is 2.33. The molecule has 0 aromatic heterocycles. The number of nitrogens with zero attached hydrogens (tertiary/aromatic N) is 1. The Morgan fingerprint density at radius 1 is 1.56 bits per heavy atom. The van der Waals surface area contributed by atoms with Gasteiger partial charge in [0.15, 0.2) is 0 Å². The van der Waals surface area contributed by atoms with Crippen molar-refractivity contribution in [3.63, 3.8) is 0 Å². The van der Waals surface area contributed by atoms with E-state index in [0.717, 1.165) is 0 Å². The fourth-order valence-corrected chi connectivity index (χ4v) is 1.50. The molecule has 1 aliphatic heterocycles. The number of allylic oxidation sites excluding steroid dienone is 1. The second kappa shape index (κ2) is 6.48. The minimum Gasteiger partial charge on any atom is -0.339 e. The molecule has 96 valence electrons. The maximum atomic E-state index is 11.8. The van der Waals surface area contributed by atoms with Gasteiger partial charge in [0, 0.05) is 12.6 Å². The number of rotatable bonds is 4. The molecule has 1 fully saturated rings. The molecule has 0 aromatic rings. The third kappa shape index (κ3) is 3.65. The van der Waals surface area contributed by atoms with E-state index in [0.29, 0.717) is 6.42 Å². The van der Waals surface area contributed by atoms with E-state index in [1.807, 2.05) is 0 Å². The summed E-state index contributed by atoms with van der Waals surface area (Å²) in [5.74, 6) is -1.28. The topological polar surface area (TPSA) is 87.6 Å². The molecule has 1 saturated heterocycles. The highest BCUT2D eigenvalue weighted by atomic mass is 16.2. The number of amides is 3. The summed E-state index contributed by atoms with van der Waals surface area (Å²) in [5, 5.41) is 4.69. The predicted molar refractivity (Wildman–Crippen MR) is 66.8 cm³/mol. The molecule has 0 aromatic carbocycles. The van der Waals surface area contributed by atoms with E-state index in [1.54, 1.807) is 13.0 Å². The number of imide groups is 1. The van der Waals surface area contributed by atoms with E-state index < -0.39 is 17.9 Å². The van der Waals surface area contributed by atoms with Crippen LogP contribution in [0, 0.1) is 0 Å². The van der Waals surface area contributed by atoms with Crippen LogP contribution in [0.2, 0.25) is 0 Å². The van der Waals surface area contributed by atoms with Crippen molar-refractivity contribution in [2.75, 3.05) is 0 Å². The lowest BCUT2D eigenvalue weighted by Crippen LogP contribution is -2.53. The smallest absolute Gasteiger partial charge is 0.270 e. The van der Waals surface area contributed by atoms with E-state index in [2.05, 4.69) is 22.2 Å². The van der Waals surface area contributed by atoms with Crippen molar-refractivity contribution in [1.82, 2.24) is 10.6 Å². The van der Waals surface area contributed by atoms with Crippen molar-refractivity contribution in [1.29, 1.82) is 0 Å². The fourth-order valence-electron chi connectivity index (χ4n) is 1.50. The average molecular weight is 249 g/mol. The van der Waals surface area contributed by atoms with Crippen LogP contribution in [0.25, 0.3) is 0 Å². The largest absolute Gasteiger partial charge is 0.339 e. The van der Waals surface area contributed by atoms with Crippen molar-refractivity contribution in [3.8, 4) is 0 Å². The van der Waals surface area contributed by atoms with E-state index in [1.165, 1.54) is 12.3 Å². The van der Waals surface area contributed by atoms with Gasteiger partial charge in [0.2, 0.25) is 11.8 Å². The van der Waals surface area contributed by atoms with Crippen molar-refractivity contribution < 1.29 is 14.4 Å². The number of hydrogen-bond acceptors (Lipinski definition) is 4. The second-order valence-electron chi connectivity index (χ2n) is 3.67. The normalized spacial score (nSPS) is 20.7. The van der Waals surface area contributed by atoms with Gasteiger partial charge in [-0.3, -0.25) is 24.7 Å². The lowest BCUT2D eigenvalue weighted by molar-refractivity contribution is -0.136. The Morgan fingerprint density at radius 3 is 2.83 bits per heavy atom. The Hall–Kier alpha value is -2.24. The number of carbonyl (C=O) groups is 3. The van der Waals surface area contributed by atoms with E-state index in [-0.39, 0.29) is 18.0 Å². The molecule has 2 N–H and O–H groups in total. The summed E-state index contributed by atoms with van der Waals surface area (Å²) in [4.78, 5) is 38.0. The SMILES string of the molecule is C=CN=C(/C=C\C)C(=O)NC1CCC(=O)NC1=O. The summed E-state index contributed by atoms with van der Waals surface area (Å²) in [6, 6.07) is -0.699. The van der Waals surface area contributed by atoms with Gasteiger partial charge in [-0.25, -0.2) is 0 Å². The summed E-state index contributed by atoms with van der Waals surface area (Å²) < 4.78 is 0. The van der Waals surface area contributed by atoms with Crippen LogP contribution in [0.15, 0.2) is 29.9 Å². The standard InChI is InChI=1S/C12H15N3O3/c1-3-5-8(13-4-2)11(17)14-9-6-7-10(16)15-12(9)18/h3-5,9H,2,6-7H2,1H3,(H,14,17)(H,15,16,18)/b5-3-,13-8?. The number of carbonyl (C=O) groups excluding carboxylic acids is 3. The summed E-state index contributed by atoms with van der Waals surface area (Å²) in [5.41, 5.74) is 0.164. The molecular formula is C12H15N3O3. The minimum atomic E-state index is -0.699. The van der Waals surface area contributed by atoms with Crippen molar-refractivity contribution in [3.05, 3.63) is 24.9 Å². The molecule has 18 heavy (non-hydrogen) atoms. The summed E-state index contributed by atoms with van der Waals surface area (Å²) in [6.07, 6.45) is 4.94. The zero-order valence-electron chi connectivity index (χ0n) is 10.1. The molecule has 1 rings (SSSR count). The predicted octanol–water partition coefficient (Wildman–Crippen LogP) is 0.0684. The van der Waals surface area contributed by atoms with Crippen LogP contribution in [-0.2, 0) is 14.4 Å². The quantitative estimate of drug-likeness (QED) is 0.546. The zero-order chi connectivity index (χ0) is 13.5. The molecule has 1 heterocycles. The molecule has 6 nitrogen and oxygen atoms in total. The van der Waals surface area contributed by atoms with Crippen molar-refractivity contribution in [2.45, 2.75) is 25.8 Å². The Bertz CT molecular complexity index is 438. The molecule has 0 aliphatic carbocycles. The van der Waals surface area contributed by atoms with Gasteiger partial charge in [-0.1, -0.05) is 12.7 Å². The summed E-state index contributed by atoms with van der Waals surface area (Å²) >= 11 is 0. The lowest BCUT2D eigenvalue weighted by Gasteiger charge is -2.21. The molecule has 1 aliphatic rings. The van der Waals surface area contributed by atoms with Crippen LogP contribution in [0.1, 0.15) is 19.8 Å². The summed E-state index contributed by atoms with van der Waals surface area (Å²) in [7, 11) is 0. The van der Waals surface area contributed by atoms with Crippen LogP contribution in [0.5, 0.6) is 0 Å². The highest BCUT2D eigenvalue weighted by Gasteiger charge is 2.28. The number of hydrogen-bond donors (Lipinski definition) is 2. The second-order valence-corrected chi connectivity index (χ2v) is 3.67. The number of nitrogens with one attached hydrogen (secondary N) is 2. The molecule has 0 bridgehead atoms. The van der Waals surface area contributed by atoms with Gasteiger partial charge in [0.25, 0.3) is 5.91 Å². The monoisotopic (exact) mass is 249 g/mol. The molecule has 3 amide bonds. The first-order valence-electron chi connectivity index (χ1n) is 5.54. The first-order chi connectivity index (χ1) is 8.58. The van der Waals surface area contributed by atoms with Crippen molar-refractivity contribution >= 4 is 23.4 Å². The first-order valence-corrected chi connectivity index (χ1v) is 5.54.